The Kier molecular flexibility index (Phi) is 6.57. The van der Waals surface area contributed by atoms with E-state index in [2.05, 4.69) is 6.92 Å². The Morgan fingerprint density at radius 1 is 1.37 bits per heavy atom. The number of carbonyl (C=O) groups excluding carboxylic acids is 1. The van der Waals surface area contributed by atoms with Crippen LogP contribution in [-0.2, 0) is 9.53 Å². The number of carbonyl (C=O) groups is 1. The highest BCUT2D eigenvalue weighted by atomic mass is 16.5. The Morgan fingerprint density at radius 2 is 2.11 bits per heavy atom. The minimum atomic E-state index is -0.598. The van der Waals surface area contributed by atoms with Crippen LogP contribution in [0.1, 0.15) is 55.4 Å². The van der Waals surface area contributed by atoms with Crippen LogP contribution in [0.4, 0.5) is 0 Å². The van der Waals surface area contributed by atoms with Crippen LogP contribution < -0.4 is 0 Å². The summed E-state index contributed by atoms with van der Waals surface area (Å²) in [6, 6.07) is 5.86. The van der Waals surface area contributed by atoms with Gasteiger partial charge in [-0.2, -0.15) is 0 Å². The van der Waals surface area contributed by atoms with Gasteiger partial charge in [-0.1, -0.05) is 31.5 Å². The van der Waals surface area contributed by atoms with Gasteiger partial charge in [0, 0.05) is 6.42 Å². The van der Waals surface area contributed by atoms with Gasteiger partial charge in [0.2, 0.25) is 0 Å². The summed E-state index contributed by atoms with van der Waals surface area (Å²) >= 11 is 0. The Labute approximate surface area is 115 Å². The van der Waals surface area contributed by atoms with E-state index in [-0.39, 0.29) is 12.4 Å². The van der Waals surface area contributed by atoms with Gasteiger partial charge in [-0.3, -0.25) is 4.79 Å². The molecule has 1 aromatic carbocycles. The summed E-state index contributed by atoms with van der Waals surface area (Å²) in [6.45, 7) is 6.55. The first-order valence-electron chi connectivity index (χ1n) is 6.96. The molecule has 0 aliphatic heterocycles. The zero-order chi connectivity index (χ0) is 14.3. The molecule has 3 nitrogen and oxygen atoms in total. The molecule has 0 heterocycles. The van der Waals surface area contributed by atoms with Crippen molar-refractivity contribution in [2.45, 2.75) is 52.6 Å². The topological polar surface area (TPSA) is 46.5 Å². The molecular formula is C16H24O3. The third kappa shape index (κ3) is 5.03. The molecule has 0 aromatic heterocycles. The SMILES string of the molecule is CCCCOC(=O)CCC(O)c1cccc(C)c1C. The summed E-state index contributed by atoms with van der Waals surface area (Å²) in [5.41, 5.74) is 3.15. The largest absolute Gasteiger partial charge is 0.466 e. The van der Waals surface area contributed by atoms with Crippen LogP contribution in [0.15, 0.2) is 18.2 Å². The van der Waals surface area contributed by atoms with E-state index in [1.54, 1.807) is 0 Å². The van der Waals surface area contributed by atoms with Gasteiger partial charge in [0.1, 0.15) is 0 Å². The summed E-state index contributed by atoms with van der Waals surface area (Å²) in [7, 11) is 0. The van der Waals surface area contributed by atoms with E-state index in [1.807, 2.05) is 32.0 Å². The molecule has 0 fully saturated rings. The maximum Gasteiger partial charge on any atom is 0.305 e. The van der Waals surface area contributed by atoms with Gasteiger partial charge in [-0.25, -0.2) is 0 Å². The number of unbranched alkanes of at least 4 members (excludes halogenated alkanes) is 1. The van der Waals surface area contributed by atoms with Gasteiger partial charge in [0.15, 0.2) is 0 Å². The van der Waals surface area contributed by atoms with Crippen LogP contribution >= 0.6 is 0 Å². The molecule has 1 aromatic rings. The van der Waals surface area contributed by atoms with Gasteiger partial charge in [-0.05, 0) is 43.4 Å². The molecule has 0 aliphatic rings. The molecule has 19 heavy (non-hydrogen) atoms. The van der Waals surface area contributed by atoms with E-state index in [0.717, 1.165) is 29.5 Å². The van der Waals surface area contributed by atoms with Crippen molar-refractivity contribution in [3.8, 4) is 0 Å². The number of aliphatic hydroxyl groups excluding tert-OH is 1. The number of hydrogen-bond acceptors (Lipinski definition) is 3. The Hall–Kier alpha value is -1.35. The van der Waals surface area contributed by atoms with Crippen LogP contribution in [0.3, 0.4) is 0 Å². The first-order valence-corrected chi connectivity index (χ1v) is 6.96. The Morgan fingerprint density at radius 3 is 2.79 bits per heavy atom. The molecule has 0 radical (unpaired) electrons. The van der Waals surface area contributed by atoms with Crippen molar-refractivity contribution in [2.75, 3.05) is 6.61 Å². The second-order valence-electron chi connectivity index (χ2n) is 4.92. The van der Waals surface area contributed by atoms with Crippen LogP contribution in [-0.4, -0.2) is 17.7 Å². The highest BCUT2D eigenvalue weighted by Crippen LogP contribution is 2.24. The lowest BCUT2D eigenvalue weighted by Gasteiger charge is -2.15. The molecule has 3 heteroatoms. The van der Waals surface area contributed by atoms with Gasteiger partial charge in [-0.15, -0.1) is 0 Å². The summed E-state index contributed by atoms with van der Waals surface area (Å²) in [4.78, 5) is 11.5. The van der Waals surface area contributed by atoms with Crippen molar-refractivity contribution in [3.05, 3.63) is 34.9 Å². The summed E-state index contributed by atoms with van der Waals surface area (Å²) in [5, 5.41) is 10.1. The third-order valence-corrected chi connectivity index (χ3v) is 3.39. The molecule has 1 unspecified atom stereocenters. The van der Waals surface area contributed by atoms with Gasteiger partial charge >= 0.3 is 5.97 Å². The predicted molar refractivity (Wildman–Crippen MR) is 76.0 cm³/mol. The number of hydrogen-bond donors (Lipinski definition) is 1. The summed E-state index contributed by atoms with van der Waals surface area (Å²) in [5.74, 6) is -0.224. The predicted octanol–water partition coefficient (Wildman–Crippen LogP) is 3.46. The number of aliphatic hydroxyl groups is 1. The zero-order valence-corrected chi connectivity index (χ0v) is 12.1. The molecule has 106 valence electrons. The second kappa shape index (κ2) is 7.95. The lowest BCUT2D eigenvalue weighted by Crippen LogP contribution is -2.09. The van der Waals surface area contributed by atoms with E-state index >= 15 is 0 Å². The number of rotatable bonds is 7. The standard InChI is InChI=1S/C16H24O3/c1-4-5-11-19-16(18)10-9-15(17)14-8-6-7-12(2)13(14)3/h6-8,15,17H,4-5,9-11H2,1-3H3. The zero-order valence-electron chi connectivity index (χ0n) is 12.1. The molecule has 0 saturated heterocycles. The molecule has 0 spiro atoms. The molecule has 0 saturated carbocycles. The number of benzene rings is 1. The van der Waals surface area contributed by atoms with Crippen molar-refractivity contribution >= 4 is 5.97 Å². The Balaban J connectivity index is 2.44. The minimum Gasteiger partial charge on any atom is -0.466 e. The Bertz CT molecular complexity index is 412. The van der Waals surface area contributed by atoms with E-state index < -0.39 is 6.10 Å². The van der Waals surface area contributed by atoms with E-state index in [4.69, 9.17) is 4.74 Å². The number of ether oxygens (including phenoxy) is 1. The van der Waals surface area contributed by atoms with Crippen molar-refractivity contribution in [1.29, 1.82) is 0 Å². The molecule has 1 atom stereocenters. The molecular weight excluding hydrogens is 240 g/mol. The molecule has 0 aliphatic carbocycles. The number of esters is 1. The highest BCUT2D eigenvalue weighted by molar-refractivity contribution is 5.69. The van der Waals surface area contributed by atoms with Crippen molar-refractivity contribution in [3.63, 3.8) is 0 Å². The molecule has 0 amide bonds. The van der Waals surface area contributed by atoms with Gasteiger partial charge < -0.3 is 9.84 Å². The van der Waals surface area contributed by atoms with Gasteiger partial charge in [0.05, 0.1) is 12.7 Å². The smallest absolute Gasteiger partial charge is 0.305 e. The van der Waals surface area contributed by atoms with Crippen LogP contribution in [0.25, 0.3) is 0 Å². The van der Waals surface area contributed by atoms with Crippen molar-refractivity contribution < 1.29 is 14.6 Å². The fourth-order valence-corrected chi connectivity index (χ4v) is 1.95. The first-order chi connectivity index (χ1) is 9.06. The molecule has 1 rings (SSSR count). The fourth-order valence-electron chi connectivity index (χ4n) is 1.95. The van der Waals surface area contributed by atoms with Crippen LogP contribution in [0.5, 0.6) is 0 Å². The number of aryl methyl sites for hydroxylation is 1. The average molecular weight is 264 g/mol. The lowest BCUT2D eigenvalue weighted by atomic mass is 9.97. The first kappa shape index (κ1) is 15.7. The van der Waals surface area contributed by atoms with Crippen LogP contribution in [0.2, 0.25) is 0 Å². The van der Waals surface area contributed by atoms with E-state index in [0.29, 0.717) is 13.0 Å². The lowest BCUT2D eigenvalue weighted by molar-refractivity contribution is -0.144. The molecule has 0 bridgehead atoms. The van der Waals surface area contributed by atoms with Crippen molar-refractivity contribution in [1.82, 2.24) is 0 Å². The third-order valence-electron chi connectivity index (χ3n) is 3.39. The van der Waals surface area contributed by atoms with E-state index in [1.165, 1.54) is 0 Å². The summed E-state index contributed by atoms with van der Waals surface area (Å²) < 4.78 is 5.07. The monoisotopic (exact) mass is 264 g/mol. The maximum absolute atomic E-state index is 11.5. The van der Waals surface area contributed by atoms with E-state index in [9.17, 15) is 9.90 Å². The highest BCUT2D eigenvalue weighted by Gasteiger charge is 2.13. The van der Waals surface area contributed by atoms with Crippen molar-refractivity contribution in [2.24, 2.45) is 0 Å². The average Bonchev–Trinajstić information content (AvgIpc) is 2.39. The quantitative estimate of drug-likeness (QED) is 0.606. The second-order valence-corrected chi connectivity index (χ2v) is 4.92. The molecule has 1 N–H and O–H groups in total. The van der Waals surface area contributed by atoms with Gasteiger partial charge in [0.25, 0.3) is 0 Å². The normalized spacial score (nSPS) is 12.2. The fraction of sp³-hybridized carbons (Fsp3) is 0.562. The maximum atomic E-state index is 11.5. The minimum absolute atomic E-state index is 0.224. The van der Waals surface area contributed by atoms with Crippen LogP contribution in [0, 0.1) is 13.8 Å². The summed E-state index contributed by atoms with van der Waals surface area (Å²) in [6.07, 6.45) is 1.98.